The Morgan fingerprint density at radius 1 is 0.361 bits per heavy atom. The number of aliphatic hydroxyl groups is 1. The third-order valence-electron chi connectivity index (χ3n) is 14.2. The third-order valence-corrected chi connectivity index (χ3v) is 14.2. The Morgan fingerprint density at radius 2 is 0.607 bits per heavy atom. The largest absolute Gasteiger partial charge is 1.00 e. The zero-order valence-corrected chi connectivity index (χ0v) is 43.0. The summed E-state index contributed by atoms with van der Waals surface area (Å²) in [6, 6.07) is 0.614. The van der Waals surface area contributed by atoms with Crippen molar-refractivity contribution in [3.63, 3.8) is 0 Å². The van der Waals surface area contributed by atoms with Crippen molar-refractivity contribution in [1.82, 2.24) is 4.57 Å². The van der Waals surface area contributed by atoms with Gasteiger partial charge in [0.25, 0.3) is 0 Å². The van der Waals surface area contributed by atoms with Crippen LogP contribution in [0.5, 0.6) is 0 Å². The molecular formula is C57H113ClN2O. The van der Waals surface area contributed by atoms with E-state index in [2.05, 4.69) is 48.6 Å². The van der Waals surface area contributed by atoms with E-state index in [0.29, 0.717) is 12.6 Å². The maximum absolute atomic E-state index is 9.55. The summed E-state index contributed by atoms with van der Waals surface area (Å²) < 4.78 is 4.68. The minimum absolute atomic E-state index is 0. The van der Waals surface area contributed by atoms with Crippen LogP contribution < -0.4 is 17.0 Å². The summed E-state index contributed by atoms with van der Waals surface area (Å²) in [5.41, 5.74) is 0. The number of halogens is 1. The number of aromatic nitrogens is 2. The van der Waals surface area contributed by atoms with Gasteiger partial charge in [-0.2, -0.15) is 0 Å². The van der Waals surface area contributed by atoms with E-state index in [1.165, 1.54) is 302 Å². The van der Waals surface area contributed by atoms with Crippen LogP contribution in [0.3, 0.4) is 0 Å². The SMILES string of the molecule is CCCCCCCCCCCCCCCCCCC(CCCCC(CCCCCCCCCCCCCC)CCCCCCCCCCCCCC)[n+]1ccn(CCO)c1.[Cl-]. The maximum Gasteiger partial charge on any atom is 0.244 e. The zero-order valence-electron chi connectivity index (χ0n) is 42.3. The van der Waals surface area contributed by atoms with Crippen molar-refractivity contribution in [2.45, 2.75) is 335 Å². The van der Waals surface area contributed by atoms with Gasteiger partial charge in [-0.15, -0.1) is 0 Å². The standard InChI is InChI=1S/C57H113N2O.ClH/c1-4-7-10-13-16-19-22-25-26-27-28-31-34-37-40-43-49-57(59-52-51-58(55-59)53-54-60)50-45-44-48-56(46-41-38-35-32-29-23-20-17-14-11-8-5-2)47-42-39-36-33-30-24-21-18-15-12-9-6-3;/h51-52,55-57,60H,4-50,53-54H2,1-3H3;1H/q+1;/p-1. The predicted octanol–water partition coefficient (Wildman–Crippen LogP) is 16.3. The molecular weight excluding hydrogens is 764 g/mol. The highest BCUT2D eigenvalue weighted by molar-refractivity contribution is 4.69. The normalized spacial score (nSPS) is 12.1. The molecule has 1 aromatic rings. The number of unbranched alkanes of at least 4 members (excludes halogenated alkanes) is 38. The summed E-state index contributed by atoms with van der Waals surface area (Å²) in [5, 5.41) is 9.55. The first-order valence-electron chi connectivity index (χ1n) is 28.4. The summed E-state index contributed by atoms with van der Waals surface area (Å²) in [6.45, 7) is 7.88. The van der Waals surface area contributed by atoms with Crippen LogP contribution in [0.2, 0.25) is 0 Å². The van der Waals surface area contributed by atoms with E-state index in [4.69, 9.17) is 0 Å². The van der Waals surface area contributed by atoms with E-state index in [1.807, 2.05) is 0 Å². The molecule has 1 rings (SSSR count). The molecule has 3 nitrogen and oxygen atoms in total. The van der Waals surface area contributed by atoms with E-state index in [9.17, 15) is 5.11 Å². The van der Waals surface area contributed by atoms with E-state index >= 15 is 0 Å². The molecule has 1 unspecified atom stereocenters. The van der Waals surface area contributed by atoms with E-state index in [-0.39, 0.29) is 19.0 Å². The molecule has 0 bridgehead atoms. The summed E-state index contributed by atoms with van der Waals surface area (Å²) in [7, 11) is 0. The first kappa shape index (κ1) is 60.5. The van der Waals surface area contributed by atoms with Gasteiger partial charge in [0.2, 0.25) is 6.33 Å². The van der Waals surface area contributed by atoms with Gasteiger partial charge in [-0.1, -0.05) is 297 Å². The Balaban J connectivity index is 0.0000360. The molecule has 0 aliphatic carbocycles. The van der Waals surface area contributed by atoms with Crippen molar-refractivity contribution < 1.29 is 22.1 Å². The van der Waals surface area contributed by atoms with Gasteiger partial charge in [0.1, 0.15) is 25.0 Å². The van der Waals surface area contributed by atoms with E-state index < -0.39 is 0 Å². The molecule has 0 amide bonds. The fourth-order valence-corrected chi connectivity index (χ4v) is 10.0. The van der Waals surface area contributed by atoms with Crippen molar-refractivity contribution in [3.8, 4) is 0 Å². The Kier molecular flexibility index (Phi) is 50.0. The van der Waals surface area contributed by atoms with Crippen molar-refractivity contribution in [3.05, 3.63) is 18.7 Å². The molecule has 0 aromatic carbocycles. The first-order valence-corrected chi connectivity index (χ1v) is 28.4. The molecule has 0 aliphatic heterocycles. The van der Waals surface area contributed by atoms with Crippen molar-refractivity contribution in [2.24, 2.45) is 5.92 Å². The van der Waals surface area contributed by atoms with Gasteiger partial charge < -0.3 is 17.5 Å². The van der Waals surface area contributed by atoms with Gasteiger partial charge in [0.15, 0.2) is 0 Å². The summed E-state index contributed by atoms with van der Waals surface area (Å²) in [5.74, 6) is 0.952. The van der Waals surface area contributed by atoms with Gasteiger partial charge in [0, 0.05) is 0 Å². The molecule has 364 valence electrons. The van der Waals surface area contributed by atoms with Crippen molar-refractivity contribution >= 4 is 0 Å². The molecule has 0 fully saturated rings. The van der Waals surface area contributed by atoms with Crippen LogP contribution in [0.4, 0.5) is 0 Å². The van der Waals surface area contributed by atoms with Gasteiger partial charge >= 0.3 is 0 Å². The van der Waals surface area contributed by atoms with Crippen molar-refractivity contribution in [1.29, 1.82) is 0 Å². The van der Waals surface area contributed by atoms with Gasteiger partial charge in [0.05, 0.1) is 6.61 Å². The fourth-order valence-electron chi connectivity index (χ4n) is 10.0. The van der Waals surface area contributed by atoms with E-state index in [1.54, 1.807) is 0 Å². The molecule has 1 N–H and O–H groups in total. The predicted molar refractivity (Wildman–Crippen MR) is 268 cm³/mol. The number of imidazole rings is 1. The number of hydrogen-bond acceptors (Lipinski definition) is 1. The third kappa shape index (κ3) is 41.9. The Bertz CT molecular complexity index is 906. The molecule has 0 aliphatic rings. The lowest BCUT2D eigenvalue weighted by molar-refractivity contribution is -0.724. The van der Waals surface area contributed by atoms with Crippen LogP contribution in [0.1, 0.15) is 329 Å². The molecule has 4 heteroatoms. The van der Waals surface area contributed by atoms with Crippen LogP contribution in [0.15, 0.2) is 18.7 Å². The lowest BCUT2D eigenvalue weighted by Crippen LogP contribution is -3.00. The first-order chi connectivity index (χ1) is 29.7. The van der Waals surface area contributed by atoms with Crippen molar-refractivity contribution in [2.75, 3.05) is 6.61 Å². The smallest absolute Gasteiger partial charge is 0.244 e. The summed E-state index contributed by atoms with van der Waals surface area (Å²) in [6.07, 6.45) is 74.5. The minimum atomic E-state index is 0. The molecule has 0 saturated heterocycles. The van der Waals surface area contributed by atoms with Crippen LogP contribution in [0.25, 0.3) is 0 Å². The minimum Gasteiger partial charge on any atom is -1.00 e. The highest BCUT2D eigenvalue weighted by Gasteiger charge is 2.18. The fraction of sp³-hybridized carbons (Fsp3) is 0.947. The van der Waals surface area contributed by atoms with Gasteiger partial charge in [-0.05, 0) is 31.6 Å². The van der Waals surface area contributed by atoms with Gasteiger partial charge in [-0.3, -0.25) is 0 Å². The van der Waals surface area contributed by atoms with Crippen LogP contribution in [-0.2, 0) is 6.54 Å². The van der Waals surface area contributed by atoms with Crippen LogP contribution in [0, 0.1) is 5.92 Å². The molecule has 0 saturated carbocycles. The second kappa shape index (κ2) is 50.5. The number of nitrogens with zero attached hydrogens (tertiary/aromatic N) is 2. The molecule has 0 radical (unpaired) electrons. The second-order valence-corrected chi connectivity index (χ2v) is 20.1. The van der Waals surface area contributed by atoms with Crippen LogP contribution in [-0.4, -0.2) is 16.3 Å². The molecule has 1 heterocycles. The lowest BCUT2D eigenvalue weighted by atomic mass is 9.89. The number of aliphatic hydroxyl groups excluding tert-OH is 1. The average Bonchev–Trinajstić information content (AvgIpc) is 3.73. The Hall–Kier alpha value is -0.540. The maximum atomic E-state index is 9.55. The average molecular weight is 878 g/mol. The monoisotopic (exact) mass is 877 g/mol. The van der Waals surface area contributed by atoms with Crippen LogP contribution >= 0.6 is 0 Å². The highest BCUT2D eigenvalue weighted by Crippen LogP contribution is 2.27. The number of rotatable bonds is 51. The Labute approximate surface area is 391 Å². The summed E-state index contributed by atoms with van der Waals surface area (Å²) in [4.78, 5) is 0. The molecule has 61 heavy (non-hydrogen) atoms. The topological polar surface area (TPSA) is 29.0 Å². The van der Waals surface area contributed by atoms with E-state index in [0.717, 1.165) is 5.92 Å². The summed E-state index contributed by atoms with van der Waals surface area (Å²) >= 11 is 0. The second-order valence-electron chi connectivity index (χ2n) is 20.1. The Morgan fingerprint density at radius 3 is 0.902 bits per heavy atom. The molecule has 0 spiro atoms. The molecule has 1 atom stereocenters. The number of hydrogen-bond donors (Lipinski definition) is 1. The lowest BCUT2D eigenvalue weighted by Gasteiger charge is -2.18. The zero-order chi connectivity index (χ0) is 43.1. The highest BCUT2D eigenvalue weighted by atomic mass is 35.5. The molecule has 1 aromatic heterocycles. The van der Waals surface area contributed by atoms with Gasteiger partial charge in [-0.25, -0.2) is 9.13 Å². The quantitative estimate of drug-likeness (QED) is 0.0513.